The monoisotopic (exact) mass is 290 g/mol. The highest BCUT2D eigenvalue weighted by Crippen LogP contribution is 2.20. The van der Waals surface area contributed by atoms with E-state index >= 15 is 0 Å². The molecule has 0 aliphatic carbocycles. The van der Waals surface area contributed by atoms with E-state index in [1.807, 2.05) is 27.1 Å². The van der Waals surface area contributed by atoms with E-state index in [0.29, 0.717) is 17.5 Å². The van der Waals surface area contributed by atoms with Crippen LogP contribution < -0.4 is 16.0 Å². The molecule has 7 heteroatoms. The first-order valence-electron chi connectivity index (χ1n) is 6.58. The Kier molecular flexibility index (Phi) is 4.21. The van der Waals surface area contributed by atoms with Gasteiger partial charge in [-0.15, -0.1) is 0 Å². The Hall–Kier alpha value is -2.44. The average molecular weight is 290 g/mol. The van der Waals surface area contributed by atoms with Gasteiger partial charge in [0.2, 0.25) is 17.8 Å². The maximum absolute atomic E-state index is 13.6. The third-order valence-corrected chi connectivity index (χ3v) is 3.08. The van der Waals surface area contributed by atoms with Crippen molar-refractivity contribution in [3.63, 3.8) is 0 Å². The molecular weight excluding hydrogens is 271 g/mol. The third kappa shape index (κ3) is 3.56. The van der Waals surface area contributed by atoms with Crippen molar-refractivity contribution in [2.75, 3.05) is 30.0 Å². The molecule has 112 valence electrons. The summed E-state index contributed by atoms with van der Waals surface area (Å²) in [5.74, 6) is 0.732. The van der Waals surface area contributed by atoms with Crippen LogP contribution in [0.4, 0.5) is 22.2 Å². The van der Waals surface area contributed by atoms with Crippen molar-refractivity contribution in [2.45, 2.75) is 19.9 Å². The van der Waals surface area contributed by atoms with E-state index in [2.05, 4.69) is 20.3 Å². The highest BCUT2D eigenvalue weighted by molar-refractivity contribution is 5.42. The van der Waals surface area contributed by atoms with Crippen molar-refractivity contribution < 1.29 is 4.39 Å². The lowest BCUT2D eigenvalue weighted by Crippen LogP contribution is -2.17. The highest BCUT2D eigenvalue weighted by atomic mass is 19.1. The number of aromatic nitrogens is 3. The van der Waals surface area contributed by atoms with Gasteiger partial charge in [-0.3, -0.25) is 0 Å². The quantitative estimate of drug-likeness (QED) is 0.898. The predicted molar refractivity (Wildman–Crippen MR) is 81.7 cm³/mol. The minimum Gasteiger partial charge on any atom is -0.368 e. The van der Waals surface area contributed by atoms with Gasteiger partial charge in [0.25, 0.3) is 0 Å². The lowest BCUT2D eigenvalue weighted by Gasteiger charge is -2.17. The Morgan fingerprint density at radius 1 is 1.24 bits per heavy atom. The van der Waals surface area contributed by atoms with Crippen molar-refractivity contribution in [1.29, 1.82) is 0 Å². The molecule has 0 spiro atoms. The van der Waals surface area contributed by atoms with Gasteiger partial charge in [-0.1, -0.05) is 12.1 Å². The Balaban J connectivity index is 2.22. The van der Waals surface area contributed by atoms with Crippen LogP contribution in [0.2, 0.25) is 0 Å². The van der Waals surface area contributed by atoms with Crippen LogP contribution in [0.25, 0.3) is 0 Å². The number of nitrogens with two attached hydrogens (primary N) is 1. The van der Waals surface area contributed by atoms with Crippen LogP contribution in [0.15, 0.2) is 18.2 Å². The van der Waals surface area contributed by atoms with Crippen molar-refractivity contribution in [1.82, 2.24) is 15.0 Å². The second-order valence-electron chi connectivity index (χ2n) is 5.09. The minimum absolute atomic E-state index is 0.137. The zero-order chi connectivity index (χ0) is 15.6. The molecule has 1 unspecified atom stereocenters. The third-order valence-electron chi connectivity index (χ3n) is 3.08. The smallest absolute Gasteiger partial charge is 0.231 e. The molecule has 0 amide bonds. The van der Waals surface area contributed by atoms with Gasteiger partial charge in [0.15, 0.2) is 0 Å². The average Bonchev–Trinajstić information content (AvgIpc) is 2.41. The predicted octanol–water partition coefficient (Wildman–Crippen LogP) is 2.14. The molecule has 21 heavy (non-hydrogen) atoms. The van der Waals surface area contributed by atoms with E-state index in [1.54, 1.807) is 17.9 Å². The number of benzene rings is 1. The lowest BCUT2D eigenvalue weighted by atomic mass is 10.1. The van der Waals surface area contributed by atoms with Crippen molar-refractivity contribution in [2.24, 2.45) is 0 Å². The summed E-state index contributed by atoms with van der Waals surface area (Å²) in [6, 6.07) is 4.96. The first-order valence-corrected chi connectivity index (χ1v) is 6.58. The van der Waals surface area contributed by atoms with Gasteiger partial charge >= 0.3 is 0 Å². The van der Waals surface area contributed by atoms with E-state index in [9.17, 15) is 4.39 Å². The summed E-state index contributed by atoms with van der Waals surface area (Å²) in [4.78, 5) is 14.1. The normalized spacial score (nSPS) is 12.0. The topological polar surface area (TPSA) is 80.0 Å². The number of nitrogens with zero attached hydrogens (tertiary/aromatic N) is 4. The maximum atomic E-state index is 13.6. The van der Waals surface area contributed by atoms with Crippen LogP contribution in [-0.2, 0) is 0 Å². The molecule has 0 aliphatic heterocycles. The number of nitrogen functional groups attached to an aromatic ring is 1. The largest absolute Gasteiger partial charge is 0.368 e. The summed E-state index contributed by atoms with van der Waals surface area (Å²) in [7, 11) is 3.63. The standard InChI is InChI=1S/C14H19FN6/c1-8-5-6-10(7-11(8)15)9(2)17-13-18-12(16)19-14(20-13)21(3)4/h5-7,9H,1-4H3,(H3,16,17,18,19,20). The molecule has 2 aromatic rings. The molecule has 6 nitrogen and oxygen atoms in total. The minimum atomic E-state index is -0.231. The molecule has 0 saturated heterocycles. The number of hydrogen-bond donors (Lipinski definition) is 2. The first-order chi connectivity index (χ1) is 9.86. The number of hydrogen-bond acceptors (Lipinski definition) is 6. The van der Waals surface area contributed by atoms with Crippen LogP contribution in [-0.4, -0.2) is 29.0 Å². The van der Waals surface area contributed by atoms with Crippen LogP contribution in [0, 0.1) is 12.7 Å². The van der Waals surface area contributed by atoms with E-state index in [-0.39, 0.29) is 17.8 Å². The Labute approximate surface area is 123 Å². The summed E-state index contributed by atoms with van der Waals surface area (Å²) in [5.41, 5.74) is 7.09. The molecule has 1 aromatic carbocycles. The van der Waals surface area contributed by atoms with E-state index in [1.165, 1.54) is 6.07 Å². The van der Waals surface area contributed by atoms with E-state index in [4.69, 9.17) is 5.73 Å². The summed E-state index contributed by atoms with van der Waals surface area (Å²) < 4.78 is 13.6. The molecule has 0 radical (unpaired) electrons. The molecule has 3 N–H and O–H groups in total. The van der Waals surface area contributed by atoms with Crippen LogP contribution >= 0.6 is 0 Å². The molecule has 1 heterocycles. The summed E-state index contributed by atoms with van der Waals surface area (Å²) >= 11 is 0. The number of anilines is 3. The second-order valence-corrected chi connectivity index (χ2v) is 5.09. The number of nitrogens with one attached hydrogen (secondary N) is 1. The zero-order valence-corrected chi connectivity index (χ0v) is 12.6. The summed E-state index contributed by atoms with van der Waals surface area (Å²) in [6.07, 6.45) is 0. The zero-order valence-electron chi connectivity index (χ0n) is 12.6. The maximum Gasteiger partial charge on any atom is 0.231 e. The number of rotatable bonds is 4. The van der Waals surface area contributed by atoms with Crippen molar-refractivity contribution in [3.05, 3.63) is 35.1 Å². The lowest BCUT2D eigenvalue weighted by molar-refractivity contribution is 0.614. The van der Waals surface area contributed by atoms with Gasteiger partial charge < -0.3 is 16.0 Å². The second kappa shape index (κ2) is 5.90. The SMILES string of the molecule is Cc1ccc(C(C)Nc2nc(N)nc(N(C)C)n2)cc1F. The fraction of sp³-hybridized carbons (Fsp3) is 0.357. The first kappa shape index (κ1) is 15.0. The van der Waals surface area contributed by atoms with Gasteiger partial charge in [0.05, 0.1) is 6.04 Å². The van der Waals surface area contributed by atoms with Gasteiger partial charge in [-0.05, 0) is 31.0 Å². The Morgan fingerprint density at radius 3 is 2.57 bits per heavy atom. The fourth-order valence-electron chi connectivity index (χ4n) is 1.80. The van der Waals surface area contributed by atoms with E-state index < -0.39 is 0 Å². The number of aryl methyl sites for hydroxylation is 1. The van der Waals surface area contributed by atoms with Gasteiger partial charge in [-0.2, -0.15) is 15.0 Å². The number of halogens is 1. The Bertz CT molecular complexity index is 643. The molecule has 1 aromatic heterocycles. The van der Waals surface area contributed by atoms with Crippen molar-refractivity contribution in [3.8, 4) is 0 Å². The van der Waals surface area contributed by atoms with Gasteiger partial charge in [-0.25, -0.2) is 4.39 Å². The summed E-state index contributed by atoms with van der Waals surface area (Å²) in [5, 5.41) is 3.11. The molecule has 2 rings (SSSR count). The summed E-state index contributed by atoms with van der Waals surface area (Å²) in [6.45, 7) is 3.63. The fourth-order valence-corrected chi connectivity index (χ4v) is 1.80. The van der Waals surface area contributed by atoms with Crippen LogP contribution in [0.5, 0.6) is 0 Å². The molecule has 0 aliphatic rings. The molecular formula is C14H19FN6. The van der Waals surface area contributed by atoms with Crippen LogP contribution in [0.3, 0.4) is 0 Å². The van der Waals surface area contributed by atoms with Crippen LogP contribution in [0.1, 0.15) is 24.1 Å². The van der Waals surface area contributed by atoms with Gasteiger partial charge in [0, 0.05) is 14.1 Å². The molecule has 0 bridgehead atoms. The molecule has 0 fully saturated rings. The Morgan fingerprint density at radius 2 is 1.95 bits per heavy atom. The highest BCUT2D eigenvalue weighted by Gasteiger charge is 2.11. The van der Waals surface area contributed by atoms with Crippen molar-refractivity contribution >= 4 is 17.8 Å². The molecule has 1 atom stereocenters. The van der Waals surface area contributed by atoms with E-state index in [0.717, 1.165) is 5.56 Å². The molecule has 0 saturated carbocycles. The van der Waals surface area contributed by atoms with Gasteiger partial charge in [0.1, 0.15) is 5.82 Å².